The van der Waals surface area contributed by atoms with Crippen LogP contribution in [0.2, 0.25) is 0 Å². The predicted octanol–water partition coefficient (Wildman–Crippen LogP) is 3.35. The summed E-state index contributed by atoms with van der Waals surface area (Å²) in [5.74, 6) is 0. The Balaban J connectivity index is 1.49. The molecule has 0 aliphatic rings. The molecule has 0 N–H and O–H groups in total. The fourth-order valence-corrected chi connectivity index (χ4v) is 3.48. The van der Waals surface area contributed by atoms with Crippen molar-refractivity contribution in [3.63, 3.8) is 0 Å². The van der Waals surface area contributed by atoms with Gasteiger partial charge in [-0.15, -0.1) is 0 Å². The molecule has 6 nitrogen and oxygen atoms in total. The van der Waals surface area contributed by atoms with E-state index in [4.69, 9.17) is 0 Å². The monoisotopic (exact) mass is 367 g/mol. The lowest BCUT2D eigenvalue weighted by molar-refractivity contribution is 0.580. The van der Waals surface area contributed by atoms with Crippen molar-refractivity contribution in [1.82, 2.24) is 24.1 Å². The van der Waals surface area contributed by atoms with Crippen molar-refractivity contribution in [2.45, 2.75) is 13.0 Å². The molecular weight excluding hydrogens is 350 g/mol. The fourth-order valence-electron chi connectivity index (χ4n) is 3.48. The number of hydrogen-bond donors (Lipinski definition) is 0. The molecular formula is C22H17N5O. The number of imidazole rings is 1. The van der Waals surface area contributed by atoms with Gasteiger partial charge in [-0.05, 0) is 41.5 Å². The molecule has 0 aliphatic heterocycles. The second kappa shape index (κ2) is 6.74. The highest BCUT2D eigenvalue weighted by atomic mass is 16.1. The fraction of sp³-hybridized carbons (Fsp3) is 0.0909. The van der Waals surface area contributed by atoms with Gasteiger partial charge in [-0.25, -0.2) is 9.67 Å². The van der Waals surface area contributed by atoms with Crippen molar-refractivity contribution >= 4 is 16.4 Å². The maximum Gasteiger partial charge on any atom is 0.274 e. The summed E-state index contributed by atoms with van der Waals surface area (Å²) in [5.41, 5.74) is 3.75. The summed E-state index contributed by atoms with van der Waals surface area (Å²) in [4.78, 5) is 21.6. The number of hydrogen-bond acceptors (Lipinski definition) is 4. The molecule has 6 heteroatoms. The Hall–Kier alpha value is -3.80. The van der Waals surface area contributed by atoms with Gasteiger partial charge in [-0.2, -0.15) is 5.10 Å². The van der Waals surface area contributed by atoms with E-state index in [1.807, 2.05) is 65.3 Å². The third-order valence-corrected chi connectivity index (χ3v) is 4.88. The Morgan fingerprint density at radius 3 is 2.68 bits per heavy atom. The number of aryl methyl sites for hydroxylation is 2. The van der Waals surface area contributed by atoms with Gasteiger partial charge in [0.2, 0.25) is 0 Å². The maximum atomic E-state index is 13.0. The van der Waals surface area contributed by atoms with Crippen molar-refractivity contribution in [2.75, 3.05) is 0 Å². The molecule has 136 valence electrons. The molecule has 4 aromatic heterocycles. The smallest absolute Gasteiger partial charge is 0.274 e. The predicted molar refractivity (Wildman–Crippen MR) is 108 cm³/mol. The lowest BCUT2D eigenvalue weighted by Crippen LogP contribution is -2.23. The van der Waals surface area contributed by atoms with E-state index in [2.05, 4.69) is 15.1 Å². The number of rotatable bonds is 4. The van der Waals surface area contributed by atoms with Crippen LogP contribution >= 0.6 is 0 Å². The van der Waals surface area contributed by atoms with E-state index in [0.717, 1.165) is 27.9 Å². The van der Waals surface area contributed by atoms with Crippen molar-refractivity contribution in [2.24, 2.45) is 0 Å². The molecule has 0 saturated carbocycles. The molecule has 5 rings (SSSR count). The summed E-state index contributed by atoms with van der Waals surface area (Å²) < 4.78 is 3.50. The van der Waals surface area contributed by atoms with Crippen LogP contribution in [0.5, 0.6) is 0 Å². The maximum absolute atomic E-state index is 13.0. The zero-order chi connectivity index (χ0) is 18.9. The van der Waals surface area contributed by atoms with Crippen LogP contribution in [0.25, 0.3) is 27.5 Å². The van der Waals surface area contributed by atoms with Gasteiger partial charge in [-0.1, -0.05) is 18.2 Å². The normalized spacial score (nSPS) is 11.3. The summed E-state index contributed by atoms with van der Waals surface area (Å²) in [6.07, 6.45) is 9.87. The number of aromatic nitrogens is 5. The van der Waals surface area contributed by atoms with Gasteiger partial charge in [0.1, 0.15) is 5.65 Å². The lowest BCUT2D eigenvalue weighted by atomic mass is 10.0. The minimum Gasteiger partial charge on any atom is -0.307 e. The highest BCUT2D eigenvalue weighted by Gasteiger charge is 2.10. The third kappa shape index (κ3) is 2.85. The standard InChI is InChI=1S/C22H17N5O/c28-22-19-5-3-4-18(16-7-10-23-11-8-16)20(19)14-24-27(22)13-9-17-15-26-12-2-1-6-21(26)25-17/h1-8,10-12,14-15H,9,13H2. The Labute approximate surface area is 160 Å². The Kier molecular flexibility index (Phi) is 3.94. The first-order valence-corrected chi connectivity index (χ1v) is 9.11. The van der Waals surface area contributed by atoms with E-state index >= 15 is 0 Å². The highest BCUT2D eigenvalue weighted by Crippen LogP contribution is 2.25. The summed E-state index contributed by atoms with van der Waals surface area (Å²) in [6.45, 7) is 0.484. The number of pyridine rings is 2. The molecule has 0 spiro atoms. The van der Waals surface area contributed by atoms with Crippen LogP contribution in [0.15, 0.2) is 84.3 Å². The van der Waals surface area contributed by atoms with Crippen molar-refractivity contribution in [3.8, 4) is 11.1 Å². The molecule has 0 saturated heterocycles. The van der Waals surface area contributed by atoms with E-state index in [0.29, 0.717) is 18.4 Å². The summed E-state index contributed by atoms with van der Waals surface area (Å²) >= 11 is 0. The van der Waals surface area contributed by atoms with Crippen LogP contribution in [0.1, 0.15) is 5.69 Å². The van der Waals surface area contributed by atoms with E-state index in [1.165, 1.54) is 4.68 Å². The molecule has 0 aliphatic carbocycles. The van der Waals surface area contributed by atoms with E-state index < -0.39 is 0 Å². The molecule has 5 aromatic rings. The van der Waals surface area contributed by atoms with Gasteiger partial charge in [0.05, 0.1) is 23.8 Å². The topological polar surface area (TPSA) is 65.1 Å². The Morgan fingerprint density at radius 2 is 1.82 bits per heavy atom. The molecule has 0 amide bonds. The minimum absolute atomic E-state index is 0.0860. The molecule has 1 aromatic carbocycles. The summed E-state index contributed by atoms with van der Waals surface area (Å²) in [6, 6.07) is 15.5. The molecule has 0 bridgehead atoms. The second-order valence-corrected chi connectivity index (χ2v) is 6.62. The van der Waals surface area contributed by atoms with Gasteiger partial charge in [0, 0.05) is 36.6 Å². The zero-order valence-corrected chi connectivity index (χ0v) is 15.1. The van der Waals surface area contributed by atoms with Crippen LogP contribution < -0.4 is 5.56 Å². The quantitative estimate of drug-likeness (QED) is 0.489. The Bertz CT molecular complexity index is 1300. The third-order valence-electron chi connectivity index (χ3n) is 4.88. The van der Waals surface area contributed by atoms with Crippen molar-refractivity contribution in [1.29, 1.82) is 0 Å². The lowest BCUT2D eigenvalue weighted by Gasteiger charge is -2.09. The van der Waals surface area contributed by atoms with E-state index in [1.54, 1.807) is 18.6 Å². The average Bonchev–Trinajstić information content (AvgIpc) is 3.17. The first kappa shape index (κ1) is 16.4. The number of nitrogens with zero attached hydrogens (tertiary/aromatic N) is 5. The first-order chi connectivity index (χ1) is 13.8. The average molecular weight is 367 g/mol. The first-order valence-electron chi connectivity index (χ1n) is 9.11. The summed E-state index contributed by atoms with van der Waals surface area (Å²) in [7, 11) is 0. The van der Waals surface area contributed by atoms with Crippen molar-refractivity contribution in [3.05, 3.63) is 95.6 Å². The Morgan fingerprint density at radius 1 is 0.929 bits per heavy atom. The molecule has 0 fully saturated rings. The second-order valence-electron chi connectivity index (χ2n) is 6.62. The van der Waals surface area contributed by atoms with Gasteiger partial charge in [-0.3, -0.25) is 9.78 Å². The molecule has 0 unspecified atom stereocenters. The minimum atomic E-state index is -0.0860. The van der Waals surface area contributed by atoms with E-state index in [9.17, 15) is 4.79 Å². The van der Waals surface area contributed by atoms with Crippen LogP contribution in [-0.2, 0) is 13.0 Å². The van der Waals surface area contributed by atoms with Crippen LogP contribution in [0, 0.1) is 0 Å². The van der Waals surface area contributed by atoms with Crippen LogP contribution in [0.3, 0.4) is 0 Å². The van der Waals surface area contributed by atoms with Gasteiger partial charge >= 0.3 is 0 Å². The van der Waals surface area contributed by atoms with Crippen LogP contribution in [-0.4, -0.2) is 24.1 Å². The van der Waals surface area contributed by atoms with Gasteiger partial charge < -0.3 is 4.40 Å². The number of fused-ring (bicyclic) bond motifs is 2. The molecule has 0 atom stereocenters. The SMILES string of the molecule is O=c1c2cccc(-c3ccncc3)c2cnn1CCc1cn2ccccc2n1. The van der Waals surface area contributed by atoms with Gasteiger partial charge in [0.25, 0.3) is 5.56 Å². The number of benzene rings is 1. The van der Waals surface area contributed by atoms with Gasteiger partial charge in [0.15, 0.2) is 0 Å². The molecule has 28 heavy (non-hydrogen) atoms. The molecule has 4 heterocycles. The molecule has 0 radical (unpaired) electrons. The van der Waals surface area contributed by atoms with E-state index in [-0.39, 0.29) is 5.56 Å². The summed E-state index contributed by atoms with van der Waals surface area (Å²) in [5, 5.41) is 5.93. The highest BCUT2D eigenvalue weighted by molar-refractivity contribution is 5.95. The zero-order valence-electron chi connectivity index (χ0n) is 15.1. The van der Waals surface area contributed by atoms with Crippen LogP contribution in [0.4, 0.5) is 0 Å². The largest absolute Gasteiger partial charge is 0.307 e. The van der Waals surface area contributed by atoms with Crippen molar-refractivity contribution < 1.29 is 0 Å².